The summed E-state index contributed by atoms with van der Waals surface area (Å²) < 4.78 is 6.01. The number of carbonyl (C=O) groups is 1. The van der Waals surface area contributed by atoms with E-state index in [0.29, 0.717) is 33.7 Å². The Bertz CT molecular complexity index is 969. The fourth-order valence-corrected chi connectivity index (χ4v) is 3.93. The van der Waals surface area contributed by atoms with Gasteiger partial charge >= 0.3 is 0 Å². The number of hydrogen-bond acceptors (Lipinski definition) is 6. The van der Waals surface area contributed by atoms with Gasteiger partial charge in [-0.25, -0.2) is 15.0 Å². The minimum absolute atomic E-state index is 0.0778. The molecule has 0 fully saturated rings. The molecule has 0 aliphatic carbocycles. The van der Waals surface area contributed by atoms with E-state index in [4.69, 9.17) is 4.74 Å². The Hall–Kier alpha value is -2.80. The third-order valence-corrected chi connectivity index (χ3v) is 5.22. The molecule has 0 spiro atoms. The summed E-state index contributed by atoms with van der Waals surface area (Å²) in [5.41, 5.74) is 1.000. The van der Waals surface area contributed by atoms with Crippen LogP contribution in [0.2, 0.25) is 0 Å². The number of para-hydroxylation sites is 2. The number of benzene rings is 1. The second-order valence-corrected chi connectivity index (χ2v) is 7.73. The van der Waals surface area contributed by atoms with Gasteiger partial charge in [-0.15, -0.1) is 11.3 Å². The largest absolute Gasteiger partial charge is 0.484 e. The van der Waals surface area contributed by atoms with Gasteiger partial charge in [-0.2, -0.15) is 0 Å². The highest BCUT2D eigenvalue weighted by Gasteiger charge is 2.36. The van der Waals surface area contributed by atoms with E-state index < -0.39 is 5.60 Å². The maximum atomic E-state index is 13.3. The third-order valence-electron chi connectivity index (χ3n) is 4.07. The van der Waals surface area contributed by atoms with Crippen LogP contribution >= 0.6 is 11.3 Å². The van der Waals surface area contributed by atoms with Gasteiger partial charge in [0.1, 0.15) is 16.2 Å². The van der Waals surface area contributed by atoms with Crippen molar-refractivity contribution < 1.29 is 9.53 Å². The number of aromatic nitrogens is 3. The monoisotopic (exact) mass is 366 g/mol. The summed E-state index contributed by atoms with van der Waals surface area (Å²) in [5, 5.41) is 0.646. The van der Waals surface area contributed by atoms with E-state index in [2.05, 4.69) is 15.0 Å². The smallest absolute Gasteiger partial charge is 0.270 e. The Morgan fingerprint density at radius 3 is 2.69 bits per heavy atom. The van der Waals surface area contributed by atoms with Crippen LogP contribution in [0.1, 0.15) is 29.2 Å². The molecule has 3 aromatic rings. The van der Waals surface area contributed by atoms with Crippen LogP contribution in [-0.2, 0) is 0 Å². The highest BCUT2D eigenvalue weighted by molar-refractivity contribution is 7.17. The van der Waals surface area contributed by atoms with Crippen LogP contribution in [0, 0.1) is 6.92 Å². The Balaban J connectivity index is 1.74. The van der Waals surface area contributed by atoms with Gasteiger partial charge in [-0.05, 0) is 39.0 Å². The first-order valence-corrected chi connectivity index (χ1v) is 9.11. The fourth-order valence-electron chi connectivity index (χ4n) is 2.97. The molecule has 0 N–H and O–H groups in total. The van der Waals surface area contributed by atoms with Gasteiger partial charge in [-0.3, -0.25) is 4.79 Å². The molecule has 1 aliphatic rings. The van der Waals surface area contributed by atoms with Crippen molar-refractivity contribution in [2.45, 2.75) is 26.4 Å². The molecule has 1 aromatic carbocycles. The average Bonchev–Trinajstić information content (AvgIpc) is 3.02. The molecule has 0 unspecified atom stereocenters. The van der Waals surface area contributed by atoms with E-state index in [-0.39, 0.29) is 5.91 Å². The highest BCUT2D eigenvalue weighted by Crippen LogP contribution is 2.38. The summed E-state index contributed by atoms with van der Waals surface area (Å²) in [6.07, 6.45) is 3.34. The van der Waals surface area contributed by atoms with Crippen molar-refractivity contribution in [2.24, 2.45) is 0 Å². The SMILES string of the molecule is Cc1nc(-c2ncccn2)sc1C(=O)N1CC(C)(C)Oc2ccccc21. The van der Waals surface area contributed by atoms with Crippen LogP contribution in [0.3, 0.4) is 0 Å². The first kappa shape index (κ1) is 16.7. The molecule has 1 aliphatic heterocycles. The molecule has 6 nitrogen and oxygen atoms in total. The minimum atomic E-state index is -0.464. The van der Waals surface area contributed by atoms with Gasteiger partial charge in [0.05, 0.1) is 17.9 Å². The van der Waals surface area contributed by atoms with Crippen LogP contribution in [-0.4, -0.2) is 33.0 Å². The molecule has 0 saturated heterocycles. The van der Waals surface area contributed by atoms with E-state index in [1.54, 1.807) is 23.4 Å². The lowest BCUT2D eigenvalue weighted by Gasteiger charge is -2.39. The van der Waals surface area contributed by atoms with Crippen molar-refractivity contribution in [2.75, 3.05) is 11.4 Å². The number of carbonyl (C=O) groups excluding carboxylic acids is 1. The van der Waals surface area contributed by atoms with E-state index >= 15 is 0 Å². The van der Waals surface area contributed by atoms with E-state index in [1.807, 2.05) is 45.0 Å². The molecule has 4 rings (SSSR count). The van der Waals surface area contributed by atoms with Crippen molar-refractivity contribution in [3.8, 4) is 16.6 Å². The second-order valence-electron chi connectivity index (χ2n) is 6.73. The predicted octanol–water partition coefficient (Wildman–Crippen LogP) is 3.73. The van der Waals surface area contributed by atoms with Crippen molar-refractivity contribution in [1.82, 2.24) is 15.0 Å². The van der Waals surface area contributed by atoms with Crippen LogP contribution < -0.4 is 9.64 Å². The number of nitrogens with zero attached hydrogens (tertiary/aromatic N) is 4. The van der Waals surface area contributed by atoms with Gasteiger partial charge in [0, 0.05) is 12.4 Å². The maximum absolute atomic E-state index is 13.3. The van der Waals surface area contributed by atoms with Crippen molar-refractivity contribution >= 4 is 22.9 Å². The summed E-state index contributed by atoms with van der Waals surface area (Å²) in [6, 6.07) is 9.36. The normalized spacial score (nSPS) is 15.3. The van der Waals surface area contributed by atoms with Crippen molar-refractivity contribution in [1.29, 1.82) is 0 Å². The molecule has 7 heteroatoms. The number of thiazole rings is 1. The summed E-state index contributed by atoms with van der Waals surface area (Å²) >= 11 is 1.32. The predicted molar refractivity (Wildman–Crippen MR) is 101 cm³/mol. The first-order valence-electron chi connectivity index (χ1n) is 8.29. The van der Waals surface area contributed by atoms with Crippen LogP contribution in [0.5, 0.6) is 5.75 Å². The average molecular weight is 366 g/mol. The summed E-state index contributed by atoms with van der Waals surface area (Å²) in [7, 11) is 0. The molecule has 2 aromatic heterocycles. The highest BCUT2D eigenvalue weighted by atomic mass is 32.1. The molecule has 132 valence electrons. The number of hydrogen-bond donors (Lipinski definition) is 0. The zero-order chi connectivity index (χ0) is 18.3. The Labute approximate surface area is 155 Å². The zero-order valence-corrected chi connectivity index (χ0v) is 15.6. The van der Waals surface area contributed by atoms with E-state index in [0.717, 1.165) is 5.69 Å². The molecule has 0 atom stereocenters. The fraction of sp³-hybridized carbons (Fsp3) is 0.263. The lowest BCUT2D eigenvalue weighted by atomic mass is 10.0. The van der Waals surface area contributed by atoms with Gasteiger partial charge in [0.25, 0.3) is 5.91 Å². The number of rotatable bonds is 2. The Kier molecular flexibility index (Phi) is 3.96. The summed E-state index contributed by atoms with van der Waals surface area (Å²) in [4.78, 5) is 28.6. The quantitative estimate of drug-likeness (QED) is 0.691. The third kappa shape index (κ3) is 2.94. The second kappa shape index (κ2) is 6.17. The van der Waals surface area contributed by atoms with Crippen molar-refractivity contribution in [3.05, 3.63) is 53.3 Å². The number of aryl methyl sites for hydroxylation is 1. The molecular formula is C19H18N4O2S. The van der Waals surface area contributed by atoms with E-state index in [1.165, 1.54) is 11.3 Å². The summed E-state index contributed by atoms with van der Waals surface area (Å²) in [5.74, 6) is 1.17. The van der Waals surface area contributed by atoms with Gasteiger partial charge < -0.3 is 9.64 Å². The molecular weight excluding hydrogens is 348 g/mol. The molecule has 0 bridgehead atoms. The molecule has 26 heavy (non-hydrogen) atoms. The number of ether oxygens (including phenoxy) is 1. The number of anilines is 1. The van der Waals surface area contributed by atoms with Crippen LogP contribution in [0.4, 0.5) is 5.69 Å². The standard InChI is InChI=1S/C19H18N4O2S/c1-12-15(26-17(22-12)16-20-9-6-10-21-16)18(24)23-11-19(2,3)25-14-8-5-4-7-13(14)23/h4-10H,11H2,1-3H3. The topological polar surface area (TPSA) is 68.2 Å². The Morgan fingerprint density at radius 1 is 1.19 bits per heavy atom. The van der Waals surface area contributed by atoms with Gasteiger partial charge in [0.15, 0.2) is 10.8 Å². The lowest BCUT2D eigenvalue weighted by molar-refractivity contribution is 0.0839. The zero-order valence-electron chi connectivity index (χ0n) is 14.8. The number of amides is 1. The van der Waals surface area contributed by atoms with Gasteiger partial charge in [0.2, 0.25) is 0 Å². The number of fused-ring (bicyclic) bond motifs is 1. The first-order chi connectivity index (χ1) is 12.4. The molecule has 0 saturated carbocycles. The van der Waals surface area contributed by atoms with Crippen LogP contribution in [0.15, 0.2) is 42.7 Å². The van der Waals surface area contributed by atoms with Gasteiger partial charge in [-0.1, -0.05) is 12.1 Å². The van der Waals surface area contributed by atoms with Crippen LogP contribution in [0.25, 0.3) is 10.8 Å². The Morgan fingerprint density at radius 2 is 1.92 bits per heavy atom. The maximum Gasteiger partial charge on any atom is 0.270 e. The van der Waals surface area contributed by atoms with E-state index in [9.17, 15) is 4.79 Å². The van der Waals surface area contributed by atoms with Crippen molar-refractivity contribution in [3.63, 3.8) is 0 Å². The summed E-state index contributed by atoms with van der Waals surface area (Å²) in [6.45, 7) is 6.27. The molecule has 1 amide bonds. The minimum Gasteiger partial charge on any atom is -0.484 e. The lowest BCUT2D eigenvalue weighted by Crippen LogP contribution is -2.49. The molecule has 3 heterocycles. The molecule has 0 radical (unpaired) electrons.